The predicted molar refractivity (Wildman–Crippen MR) is 85.5 cm³/mol. The molecule has 0 heterocycles. The fourth-order valence-corrected chi connectivity index (χ4v) is 2.32. The number of halogens is 7. The molecule has 0 aliphatic rings. The molecule has 0 unspecified atom stereocenters. The molecule has 7 heteroatoms. The molecule has 0 aromatic heterocycles. The normalized spacial score (nSPS) is 10.8. The first-order valence-corrected chi connectivity index (χ1v) is 7.83. The first-order valence-electron chi connectivity index (χ1n) is 5.57. The van der Waals surface area contributed by atoms with Gasteiger partial charge in [0.1, 0.15) is 0 Å². The van der Waals surface area contributed by atoms with E-state index in [-0.39, 0.29) is 10.9 Å². The molecule has 0 nitrogen and oxygen atoms in total. The second-order valence-corrected chi connectivity index (χ2v) is 5.66. The second kappa shape index (κ2) is 8.28. The topological polar surface area (TPSA) is 0 Å². The van der Waals surface area contributed by atoms with E-state index in [1.165, 1.54) is 12.1 Å². The Bertz CT molecular complexity index is 579. The molecule has 0 amide bonds. The Morgan fingerprint density at radius 2 is 1.43 bits per heavy atom. The quantitative estimate of drug-likeness (QED) is 0.426. The lowest BCUT2D eigenvalue weighted by atomic mass is 10.1. The summed E-state index contributed by atoms with van der Waals surface area (Å²) < 4.78 is 36.9. The zero-order chi connectivity index (χ0) is 16.0. The van der Waals surface area contributed by atoms with Gasteiger partial charge in [0.15, 0.2) is 0 Å². The minimum absolute atomic E-state index is 0.141. The van der Waals surface area contributed by atoms with Gasteiger partial charge >= 0.3 is 6.18 Å². The minimum Gasteiger partial charge on any atom is -0.166 e. The highest BCUT2D eigenvalue weighted by molar-refractivity contribution is 9.08. The molecule has 0 saturated heterocycles. The van der Waals surface area contributed by atoms with Gasteiger partial charge < -0.3 is 0 Å². The molecule has 0 aliphatic heterocycles. The highest BCUT2D eigenvalue weighted by Gasteiger charge is 2.32. The van der Waals surface area contributed by atoms with Crippen LogP contribution in [0.5, 0.6) is 0 Å². The van der Waals surface area contributed by atoms with E-state index in [0.29, 0.717) is 15.1 Å². The van der Waals surface area contributed by atoms with Crippen LogP contribution in [0.3, 0.4) is 0 Å². The van der Waals surface area contributed by atoms with Gasteiger partial charge in [-0.3, -0.25) is 0 Å². The zero-order valence-corrected chi connectivity index (χ0v) is 14.2. The van der Waals surface area contributed by atoms with Crippen LogP contribution in [0.1, 0.15) is 11.1 Å². The van der Waals surface area contributed by atoms with Crippen LogP contribution in [-0.2, 0) is 11.5 Å². The van der Waals surface area contributed by atoms with Crippen molar-refractivity contribution >= 4 is 50.7 Å². The van der Waals surface area contributed by atoms with Gasteiger partial charge in [0, 0.05) is 10.4 Å². The summed E-state index contributed by atoms with van der Waals surface area (Å²) in [6, 6.07) is 10.7. The molecule has 2 aromatic rings. The van der Waals surface area contributed by atoms with Gasteiger partial charge in [-0.2, -0.15) is 13.2 Å². The Morgan fingerprint density at radius 3 is 1.81 bits per heavy atom. The van der Waals surface area contributed by atoms with Gasteiger partial charge in [-0.25, -0.2) is 0 Å². The first-order chi connectivity index (χ1) is 9.75. The van der Waals surface area contributed by atoms with E-state index in [9.17, 15) is 13.2 Å². The van der Waals surface area contributed by atoms with Crippen LogP contribution in [0.15, 0.2) is 42.5 Å². The third kappa shape index (κ3) is 6.07. The molecule has 21 heavy (non-hydrogen) atoms. The smallest absolute Gasteiger partial charge is 0.166 e. The summed E-state index contributed by atoms with van der Waals surface area (Å²) in [4.78, 5) is 0. The summed E-state index contributed by atoms with van der Waals surface area (Å²) >= 11 is 19.7. The SMILES string of the molecule is Clc1ccccc1Cl.FC(F)(F)c1ccc(Cl)cc1CBr. The number of benzene rings is 2. The maximum atomic E-state index is 12.3. The van der Waals surface area contributed by atoms with Gasteiger partial charge in [0.05, 0.1) is 15.6 Å². The molecular formula is C14H9BrCl3F3. The van der Waals surface area contributed by atoms with Gasteiger partial charge in [0.25, 0.3) is 0 Å². The average Bonchev–Trinajstić information content (AvgIpc) is 2.41. The van der Waals surface area contributed by atoms with Gasteiger partial charge in [-0.1, -0.05) is 62.9 Å². The number of alkyl halides is 4. The van der Waals surface area contributed by atoms with Crippen LogP contribution >= 0.6 is 50.7 Å². The Kier molecular flexibility index (Phi) is 7.34. The van der Waals surface area contributed by atoms with Gasteiger partial charge in [-0.15, -0.1) is 0 Å². The second-order valence-electron chi connectivity index (χ2n) is 3.85. The van der Waals surface area contributed by atoms with Crippen molar-refractivity contribution in [1.82, 2.24) is 0 Å². The third-order valence-corrected chi connectivity index (χ3v) is 3.94. The Labute approximate surface area is 143 Å². The Balaban J connectivity index is 0.000000235. The molecule has 114 valence electrons. The Morgan fingerprint density at radius 1 is 0.905 bits per heavy atom. The highest BCUT2D eigenvalue weighted by Crippen LogP contribution is 2.34. The standard InChI is InChI=1S/C8H5BrClF3.C6H4Cl2/c9-4-5-3-6(10)1-2-7(5)8(11,12)13;7-5-3-1-2-4-6(5)8/h1-3H,4H2;1-4H. The number of hydrogen-bond donors (Lipinski definition) is 0. The van der Waals surface area contributed by atoms with Crippen molar-refractivity contribution < 1.29 is 13.2 Å². The van der Waals surface area contributed by atoms with Crippen LogP contribution in [-0.4, -0.2) is 0 Å². The summed E-state index contributed by atoms with van der Waals surface area (Å²) in [5, 5.41) is 1.66. The molecule has 0 aliphatic carbocycles. The predicted octanol–water partition coefficient (Wildman–Crippen LogP) is 7.25. The summed E-state index contributed by atoms with van der Waals surface area (Å²) in [6.45, 7) is 0. The van der Waals surface area contributed by atoms with Crippen molar-refractivity contribution in [3.63, 3.8) is 0 Å². The van der Waals surface area contributed by atoms with Crippen LogP contribution in [0.2, 0.25) is 15.1 Å². The lowest BCUT2D eigenvalue weighted by Crippen LogP contribution is -2.07. The third-order valence-electron chi connectivity index (χ3n) is 2.34. The molecule has 0 bridgehead atoms. The molecule has 0 atom stereocenters. The number of rotatable bonds is 1. The summed E-state index contributed by atoms with van der Waals surface area (Å²) in [6.07, 6.45) is -4.31. The summed E-state index contributed by atoms with van der Waals surface area (Å²) in [7, 11) is 0. The van der Waals surface area contributed by atoms with E-state index in [1.807, 2.05) is 12.1 Å². The molecule has 0 fully saturated rings. The zero-order valence-electron chi connectivity index (χ0n) is 10.4. The summed E-state index contributed by atoms with van der Waals surface area (Å²) in [5.41, 5.74) is -0.492. The maximum absolute atomic E-state index is 12.3. The minimum atomic E-state index is -4.31. The van der Waals surface area contributed by atoms with E-state index in [4.69, 9.17) is 34.8 Å². The lowest BCUT2D eigenvalue weighted by molar-refractivity contribution is -0.138. The Hall–Kier alpha value is -0.420. The molecule has 0 spiro atoms. The van der Waals surface area contributed by atoms with Crippen molar-refractivity contribution in [3.8, 4) is 0 Å². The van der Waals surface area contributed by atoms with Gasteiger partial charge in [-0.05, 0) is 35.9 Å². The van der Waals surface area contributed by atoms with E-state index in [0.717, 1.165) is 6.07 Å². The van der Waals surface area contributed by atoms with E-state index < -0.39 is 11.7 Å². The number of hydrogen-bond acceptors (Lipinski definition) is 0. The van der Waals surface area contributed by atoms with Crippen molar-refractivity contribution in [2.75, 3.05) is 0 Å². The fraction of sp³-hybridized carbons (Fsp3) is 0.143. The maximum Gasteiger partial charge on any atom is 0.416 e. The van der Waals surface area contributed by atoms with Gasteiger partial charge in [0.2, 0.25) is 0 Å². The van der Waals surface area contributed by atoms with Crippen molar-refractivity contribution in [2.24, 2.45) is 0 Å². The fourth-order valence-electron chi connectivity index (χ4n) is 1.39. The largest absolute Gasteiger partial charge is 0.416 e. The van der Waals surface area contributed by atoms with E-state index in [2.05, 4.69) is 15.9 Å². The average molecular weight is 420 g/mol. The van der Waals surface area contributed by atoms with E-state index >= 15 is 0 Å². The first kappa shape index (κ1) is 18.6. The monoisotopic (exact) mass is 418 g/mol. The molecular weight excluding hydrogens is 411 g/mol. The lowest BCUT2D eigenvalue weighted by Gasteiger charge is -2.10. The van der Waals surface area contributed by atoms with Crippen LogP contribution in [0.4, 0.5) is 13.2 Å². The molecule has 2 rings (SSSR count). The van der Waals surface area contributed by atoms with Crippen LogP contribution in [0.25, 0.3) is 0 Å². The van der Waals surface area contributed by atoms with Crippen molar-refractivity contribution in [3.05, 3.63) is 68.7 Å². The molecule has 0 N–H and O–H groups in total. The van der Waals surface area contributed by atoms with E-state index in [1.54, 1.807) is 12.1 Å². The van der Waals surface area contributed by atoms with Crippen LogP contribution < -0.4 is 0 Å². The van der Waals surface area contributed by atoms with Crippen LogP contribution in [0, 0.1) is 0 Å². The molecule has 0 radical (unpaired) electrons. The molecule has 0 saturated carbocycles. The highest BCUT2D eigenvalue weighted by atomic mass is 79.9. The van der Waals surface area contributed by atoms with Crippen molar-refractivity contribution in [1.29, 1.82) is 0 Å². The molecule has 2 aromatic carbocycles. The van der Waals surface area contributed by atoms with Crippen molar-refractivity contribution in [2.45, 2.75) is 11.5 Å². The summed E-state index contributed by atoms with van der Waals surface area (Å²) in [5.74, 6) is 0.